The lowest BCUT2D eigenvalue weighted by atomic mass is 9.99. The number of carboxylic acids is 1. The number of ketones is 1. The second-order valence-corrected chi connectivity index (χ2v) is 7.47. The second-order valence-electron chi connectivity index (χ2n) is 7.47. The molecule has 1 aliphatic rings. The van der Waals surface area contributed by atoms with Crippen LogP contribution in [-0.2, 0) is 11.2 Å². The molecule has 0 saturated carbocycles. The molecule has 4 rings (SSSR count). The number of hydrogen-bond acceptors (Lipinski definition) is 3. The first-order valence-corrected chi connectivity index (χ1v) is 9.99. The third kappa shape index (κ3) is 4.23. The molecular weight excluding hydrogens is 397 g/mol. The van der Waals surface area contributed by atoms with E-state index in [0.717, 1.165) is 0 Å². The highest BCUT2D eigenvalue weighted by atomic mass is 19.1. The molecule has 0 atom stereocenters. The van der Waals surface area contributed by atoms with Gasteiger partial charge in [-0.15, -0.1) is 0 Å². The SMILES string of the molecule is O=C(O)Cc1cccc(-c2ccc(F)c(C(=O)N3CCCC(=O)c4ccccc43)c2)c1. The Kier molecular flexibility index (Phi) is 5.62. The molecule has 0 fully saturated rings. The van der Waals surface area contributed by atoms with Crippen molar-refractivity contribution in [1.82, 2.24) is 0 Å². The van der Waals surface area contributed by atoms with Gasteiger partial charge >= 0.3 is 5.97 Å². The maximum atomic E-state index is 14.7. The summed E-state index contributed by atoms with van der Waals surface area (Å²) in [6, 6.07) is 18.1. The Labute approximate surface area is 178 Å². The smallest absolute Gasteiger partial charge is 0.307 e. The minimum atomic E-state index is -0.943. The molecule has 0 aliphatic carbocycles. The lowest BCUT2D eigenvalue weighted by Gasteiger charge is -2.23. The van der Waals surface area contributed by atoms with Gasteiger partial charge in [-0.1, -0.05) is 42.5 Å². The van der Waals surface area contributed by atoms with E-state index in [4.69, 9.17) is 5.11 Å². The monoisotopic (exact) mass is 417 g/mol. The predicted molar refractivity (Wildman–Crippen MR) is 115 cm³/mol. The molecule has 0 unspecified atom stereocenters. The van der Waals surface area contributed by atoms with Gasteiger partial charge in [0.2, 0.25) is 0 Å². The number of anilines is 1. The van der Waals surface area contributed by atoms with Crippen molar-refractivity contribution in [2.24, 2.45) is 0 Å². The van der Waals surface area contributed by atoms with Crippen LogP contribution in [-0.4, -0.2) is 29.3 Å². The van der Waals surface area contributed by atoms with Crippen molar-refractivity contribution in [2.75, 3.05) is 11.4 Å². The zero-order valence-corrected chi connectivity index (χ0v) is 16.7. The number of Topliss-reactive ketones (excluding diaryl/α,β-unsaturated/α-hetero) is 1. The highest BCUT2D eigenvalue weighted by Gasteiger charge is 2.27. The van der Waals surface area contributed by atoms with E-state index in [1.807, 2.05) is 0 Å². The number of nitrogens with zero attached hydrogens (tertiary/aromatic N) is 1. The fourth-order valence-electron chi connectivity index (χ4n) is 3.86. The molecule has 0 aromatic heterocycles. The highest BCUT2D eigenvalue weighted by Crippen LogP contribution is 2.30. The van der Waals surface area contributed by atoms with E-state index in [2.05, 4.69) is 0 Å². The van der Waals surface area contributed by atoms with Crippen LogP contribution >= 0.6 is 0 Å². The molecule has 0 saturated heterocycles. The van der Waals surface area contributed by atoms with Crippen LogP contribution in [0.5, 0.6) is 0 Å². The largest absolute Gasteiger partial charge is 0.481 e. The third-order valence-corrected chi connectivity index (χ3v) is 5.34. The number of halogens is 1. The standard InChI is InChI=1S/C25H20FNO4/c26-21-11-10-18(17-6-3-5-16(13-17)14-24(29)30)15-20(21)25(31)27-12-4-9-23(28)19-7-1-2-8-22(19)27/h1-3,5-8,10-11,13,15H,4,9,12,14H2,(H,29,30). The number of aliphatic carboxylic acids is 1. The van der Waals surface area contributed by atoms with Crippen LogP contribution in [0.4, 0.5) is 10.1 Å². The van der Waals surface area contributed by atoms with Crippen molar-refractivity contribution < 1.29 is 23.9 Å². The maximum absolute atomic E-state index is 14.7. The van der Waals surface area contributed by atoms with Gasteiger partial charge in [-0.2, -0.15) is 0 Å². The van der Waals surface area contributed by atoms with E-state index in [1.54, 1.807) is 54.6 Å². The first kappa shape index (κ1) is 20.5. The Hall–Kier alpha value is -3.80. The summed E-state index contributed by atoms with van der Waals surface area (Å²) >= 11 is 0. The molecule has 31 heavy (non-hydrogen) atoms. The number of carboxylic acid groups (broad SMARTS) is 1. The van der Waals surface area contributed by atoms with Gasteiger partial charge in [0.1, 0.15) is 5.82 Å². The summed E-state index contributed by atoms with van der Waals surface area (Å²) in [5.74, 6) is -2.14. The predicted octanol–water partition coefficient (Wildman–Crippen LogP) is 4.74. The quantitative estimate of drug-likeness (QED) is 0.665. The molecule has 0 radical (unpaired) electrons. The van der Waals surface area contributed by atoms with Crippen molar-refractivity contribution in [3.8, 4) is 11.1 Å². The molecule has 1 aliphatic heterocycles. The van der Waals surface area contributed by atoms with Crippen LogP contribution in [0.2, 0.25) is 0 Å². The summed E-state index contributed by atoms with van der Waals surface area (Å²) in [6.45, 7) is 0.319. The molecule has 5 nitrogen and oxygen atoms in total. The Balaban J connectivity index is 1.73. The number of carbonyl (C=O) groups excluding carboxylic acids is 2. The number of carbonyl (C=O) groups is 3. The molecule has 0 bridgehead atoms. The van der Waals surface area contributed by atoms with Crippen molar-refractivity contribution in [1.29, 1.82) is 0 Å². The van der Waals surface area contributed by atoms with E-state index in [9.17, 15) is 18.8 Å². The minimum absolute atomic E-state index is 0.0321. The molecule has 156 valence electrons. The number of fused-ring (bicyclic) bond motifs is 1. The van der Waals surface area contributed by atoms with E-state index in [-0.39, 0.29) is 17.8 Å². The first-order valence-electron chi connectivity index (χ1n) is 9.99. The van der Waals surface area contributed by atoms with Gasteiger partial charge in [-0.3, -0.25) is 14.4 Å². The van der Waals surface area contributed by atoms with Gasteiger partial charge in [-0.25, -0.2) is 4.39 Å². The summed E-state index contributed by atoms with van der Waals surface area (Å²) in [5.41, 5.74) is 2.78. The Morgan fingerprint density at radius 2 is 1.74 bits per heavy atom. The van der Waals surface area contributed by atoms with Gasteiger partial charge in [0.15, 0.2) is 5.78 Å². The zero-order chi connectivity index (χ0) is 22.0. The zero-order valence-electron chi connectivity index (χ0n) is 16.7. The number of amides is 1. The second kappa shape index (κ2) is 8.52. The van der Waals surface area contributed by atoms with Crippen LogP contribution < -0.4 is 4.90 Å². The van der Waals surface area contributed by atoms with E-state index in [0.29, 0.717) is 47.3 Å². The topological polar surface area (TPSA) is 74.7 Å². The molecule has 6 heteroatoms. The first-order chi connectivity index (χ1) is 14.9. The molecule has 1 N–H and O–H groups in total. The van der Waals surface area contributed by atoms with Crippen molar-refractivity contribution in [2.45, 2.75) is 19.3 Å². The normalized spacial score (nSPS) is 13.5. The van der Waals surface area contributed by atoms with Crippen LogP contribution in [0.15, 0.2) is 66.7 Å². The van der Waals surface area contributed by atoms with E-state index < -0.39 is 17.7 Å². The number of rotatable bonds is 4. The molecule has 1 amide bonds. The van der Waals surface area contributed by atoms with Crippen molar-refractivity contribution >= 4 is 23.3 Å². The van der Waals surface area contributed by atoms with E-state index >= 15 is 0 Å². The van der Waals surface area contributed by atoms with E-state index in [1.165, 1.54) is 17.0 Å². The Morgan fingerprint density at radius 1 is 0.968 bits per heavy atom. The van der Waals surface area contributed by atoms with Gasteiger partial charge in [-0.05, 0) is 47.4 Å². The summed E-state index contributed by atoms with van der Waals surface area (Å²) in [6.07, 6.45) is 0.705. The molecule has 3 aromatic rings. The lowest BCUT2D eigenvalue weighted by molar-refractivity contribution is -0.136. The fraction of sp³-hybridized carbons (Fsp3) is 0.160. The maximum Gasteiger partial charge on any atom is 0.307 e. The number of para-hydroxylation sites is 1. The Bertz CT molecular complexity index is 1190. The number of hydrogen-bond donors (Lipinski definition) is 1. The summed E-state index contributed by atoms with van der Waals surface area (Å²) in [4.78, 5) is 38.2. The molecular formula is C25H20FNO4. The van der Waals surface area contributed by atoms with Crippen LogP contribution in [0, 0.1) is 5.82 Å². The summed E-state index contributed by atoms with van der Waals surface area (Å²) in [5, 5.41) is 9.02. The van der Waals surface area contributed by atoms with Gasteiger partial charge in [0, 0.05) is 18.5 Å². The lowest BCUT2D eigenvalue weighted by Crippen LogP contribution is -2.32. The Morgan fingerprint density at radius 3 is 2.55 bits per heavy atom. The summed E-state index contributed by atoms with van der Waals surface area (Å²) < 4.78 is 14.7. The average Bonchev–Trinajstić information content (AvgIpc) is 2.92. The van der Waals surface area contributed by atoms with Gasteiger partial charge < -0.3 is 10.0 Å². The van der Waals surface area contributed by atoms with Crippen LogP contribution in [0.1, 0.15) is 39.1 Å². The average molecular weight is 417 g/mol. The van der Waals surface area contributed by atoms with Crippen molar-refractivity contribution in [3.63, 3.8) is 0 Å². The van der Waals surface area contributed by atoms with Gasteiger partial charge in [0.05, 0.1) is 17.7 Å². The molecule has 1 heterocycles. The molecule has 0 spiro atoms. The van der Waals surface area contributed by atoms with Gasteiger partial charge in [0.25, 0.3) is 5.91 Å². The minimum Gasteiger partial charge on any atom is -0.481 e. The van der Waals surface area contributed by atoms with Crippen LogP contribution in [0.25, 0.3) is 11.1 Å². The fourth-order valence-corrected chi connectivity index (χ4v) is 3.86. The summed E-state index contributed by atoms with van der Waals surface area (Å²) in [7, 11) is 0. The third-order valence-electron chi connectivity index (χ3n) is 5.34. The highest BCUT2D eigenvalue weighted by molar-refractivity contribution is 6.12. The van der Waals surface area contributed by atoms with Crippen LogP contribution in [0.3, 0.4) is 0 Å². The van der Waals surface area contributed by atoms with Crippen molar-refractivity contribution in [3.05, 3.63) is 89.2 Å². The molecule has 3 aromatic carbocycles. The number of benzene rings is 3.